The van der Waals surface area contributed by atoms with Crippen LogP contribution in [0.1, 0.15) is 80.3 Å². The van der Waals surface area contributed by atoms with Crippen LogP contribution in [0.4, 0.5) is 13.2 Å². The first-order valence-corrected chi connectivity index (χ1v) is 11.2. The smallest absolute Gasteiger partial charge is 0.200 e. The van der Waals surface area contributed by atoms with Crippen LogP contribution in [0.3, 0.4) is 0 Å². The van der Waals surface area contributed by atoms with E-state index < -0.39 is 17.7 Å². The van der Waals surface area contributed by atoms with Gasteiger partial charge in [0.05, 0.1) is 19.3 Å². The van der Waals surface area contributed by atoms with E-state index in [1.54, 1.807) is 6.07 Å². The number of hydrogen-bond acceptors (Lipinski definition) is 3. The third-order valence-corrected chi connectivity index (χ3v) is 6.49. The molecule has 2 unspecified atom stereocenters. The molecule has 2 aliphatic rings. The summed E-state index contributed by atoms with van der Waals surface area (Å²) in [5, 5.41) is 9.95. The van der Waals surface area contributed by atoms with Crippen molar-refractivity contribution >= 4 is 0 Å². The topological polar surface area (TPSA) is 42.0 Å². The number of epoxide rings is 1. The molecule has 1 heterocycles. The maximum absolute atomic E-state index is 14.5. The summed E-state index contributed by atoms with van der Waals surface area (Å²) >= 11 is 0. The van der Waals surface area contributed by atoms with Crippen LogP contribution in [0, 0.1) is 23.4 Å². The molecule has 0 spiro atoms. The molecule has 2 aromatic rings. The van der Waals surface area contributed by atoms with Crippen LogP contribution in [-0.4, -0.2) is 18.3 Å². The molecule has 2 fully saturated rings. The van der Waals surface area contributed by atoms with Crippen molar-refractivity contribution in [2.24, 2.45) is 5.92 Å². The Balaban J connectivity index is 1.31. The molecule has 1 saturated carbocycles. The fourth-order valence-corrected chi connectivity index (χ4v) is 4.51. The Kier molecular flexibility index (Phi) is 6.87. The quantitative estimate of drug-likeness (QED) is 0.492. The molecule has 31 heavy (non-hydrogen) atoms. The van der Waals surface area contributed by atoms with E-state index in [9.17, 15) is 18.3 Å². The van der Waals surface area contributed by atoms with Gasteiger partial charge in [0.25, 0.3) is 0 Å². The molecular formula is C25H29F3O3. The van der Waals surface area contributed by atoms with Gasteiger partial charge in [-0.15, -0.1) is 0 Å². The van der Waals surface area contributed by atoms with Gasteiger partial charge in [0.1, 0.15) is 11.9 Å². The Hall–Kier alpha value is -2.05. The van der Waals surface area contributed by atoms with Gasteiger partial charge >= 0.3 is 0 Å². The average molecular weight is 434 g/mol. The lowest BCUT2D eigenvalue weighted by Crippen LogP contribution is -2.20. The highest BCUT2D eigenvalue weighted by Crippen LogP contribution is 2.39. The number of rotatable bonds is 8. The molecule has 0 aromatic heterocycles. The molecule has 0 bridgehead atoms. The number of ether oxygens (including phenoxy) is 2. The summed E-state index contributed by atoms with van der Waals surface area (Å²) in [6.45, 7) is 2.83. The molecule has 1 aliphatic heterocycles. The first-order chi connectivity index (χ1) is 15.0. The van der Waals surface area contributed by atoms with Gasteiger partial charge in [0.2, 0.25) is 5.82 Å². The van der Waals surface area contributed by atoms with Gasteiger partial charge in [-0.3, -0.25) is 0 Å². The Morgan fingerprint density at radius 3 is 2.45 bits per heavy atom. The van der Waals surface area contributed by atoms with Gasteiger partial charge in [-0.2, -0.15) is 4.39 Å². The zero-order valence-corrected chi connectivity index (χ0v) is 17.8. The van der Waals surface area contributed by atoms with Crippen LogP contribution < -0.4 is 4.74 Å². The van der Waals surface area contributed by atoms with E-state index in [0.717, 1.165) is 36.8 Å². The van der Waals surface area contributed by atoms with Crippen LogP contribution >= 0.6 is 0 Å². The number of aliphatic hydroxyl groups is 1. The van der Waals surface area contributed by atoms with Crippen molar-refractivity contribution in [1.29, 1.82) is 0 Å². The molecule has 168 valence electrons. The highest BCUT2D eigenvalue weighted by atomic mass is 19.2. The molecule has 2 aromatic carbocycles. The lowest BCUT2D eigenvalue weighted by atomic mass is 9.78. The summed E-state index contributed by atoms with van der Waals surface area (Å²) in [6.07, 6.45) is 3.43. The first kappa shape index (κ1) is 22.2. The van der Waals surface area contributed by atoms with Crippen molar-refractivity contribution in [2.75, 3.05) is 13.2 Å². The lowest BCUT2D eigenvalue weighted by Gasteiger charge is -2.29. The Labute approximate surface area is 181 Å². The van der Waals surface area contributed by atoms with Crippen molar-refractivity contribution in [3.8, 4) is 5.75 Å². The SMILES string of the molecule is CCCC(O)c1ccc(OCC2CCC(c3ccc(C4CO4)cc3F)CC2)c(F)c1F. The summed E-state index contributed by atoms with van der Waals surface area (Å²) in [5.41, 5.74) is 1.61. The Morgan fingerprint density at radius 2 is 1.81 bits per heavy atom. The van der Waals surface area contributed by atoms with Crippen LogP contribution in [0.2, 0.25) is 0 Å². The number of aliphatic hydroxyl groups excluding tert-OH is 1. The highest BCUT2D eigenvalue weighted by molar-refractivity contribution is 5.32. The average Bonchev–Trinajstić information content (AvgIpc) is 3.61. The van der Waals surface area contributed by atoms with Gasteiger partial charge in [-0.25, -0.2) is 8.78 Å². The Bertz CT molecular complexity index is 905. The molecule has 1 N–H and O–H groups in total. The molecule has 0 amide bonds. The van der Waals surface area contributed by atoms with Crippen molar-refractivity contribution in [3.05, 3.63) is 64.5 Å². The molecule has 0 radical (unpaired) electrons. The number of benzene rings is 2. The van der Waals surface area contributed by atoms with Gasteiger partial charge in [0.15, 0.2) is 11.6 Å². The monoisotopic (exact) mass is 434 g/mol. The van der Waals surface area contributed by atoms with Gasteiger partial charge in [-0.1, -0.05) is 25.5 Å². The number of hydrogen-bond donors (Lipinski definition) is 1. The number of halogens is 3. The Morgan fingerprint density at radius 1 is 1.06 bits per heavy atom. The molecule has 2 atom stereocenters. The van der Waals surface area contributed by atoms with E-state index in [0.29, 0.717) is 26.1 Å². The molecule has 1 saturated heterocycles. The summed E-state index contributed by atoms with van der Waals surface area (Å²) < 4.78 is 54.0. The van der Waals surface area contributed by atoms with Crippen molar-refractivity contribution in [2.45, 2.75) is 63.6 Å². The maximum atomic E-state index is 14.5. The van der Waals surface area contributed by atoms with E-state index in [4.69, 9.17) is 9.47 Å². The second kappa shape index (κ2) is 9.61. The minimum atomic E-state index is -1.05. The van der Waals surface area contributed by atoms with E-state index in [1.807, 2.05) is 19.1 Å². The van der Waals surface area contributed by atoms with E-state index in [1.165, 1.54) is 12.1 Å². The molecule has 6 heteroatoms. The van der Waals surface area contributed by atoms with E-state index in [-0.39, 0.29) is 35.1 Å². The minimum Gasteiger partial charge on any atom is -0.490 e. The minimum absolute atomic E-state index is 0.0338. The first-order valence-electron chi connectivity index (χ1n) is 11.2. The predicted octanol–water partition coefficient (Wildman–Crippen LogP) is 6.36. The zero-order valence-electron chi connectivity index (χ0n) is 17.8. The molecule has 1 aliphatic carbocycles. The normalized spacial score (nSPS) is 24.1. The summed E-state index contributed by atoms with van der Waals surface area (Å²) in [4.78, 5) is 0. The second-order valence-electron chi connectivity index (χ2n) is 8.72. The summed E-state index contributed by atoms with van der Waals surface area (Å²) in [6, 6.07) is 8.19. The predicted molar refractivity (Wildman–Crippen MR) is 112 cm³/mol. The van der Waals surface area contributed by atoms with Gasteiger partial charge in [-0.05, 0) is 73.3 Å². The maximum Gasteiger partial charge on any atom is 0.200 e. The largest absolute Gasteiger partial charge is 0.490 e. The van der Waals surface area contributed by atoms with Crippen LogP contribution in [0.15, 0.2) is 30.3 Å². The third-order valence-electron chi connectivity index (χ3n) is 6.49. The zero-order chi connectivity index (χ0) is 22.0. The highest BCUT2D eigenvalue weighted by Gasteiger charge is 2.29. The van der Waals surface area contributed by atoms with E-state index in [2.05, 4.69) is 0 Å². The summed E-state index contributed by atoms with van der Waals surface area (Å²) in [5.74, 6) is -2.02. The molecular weight excluding hydrogens is 405 g/mol. The third kappa shape index (κ3) is 5.07. The van der Waals surface area contributed by atoms with Crippen LogP contribution in [0.5, 0.6) is 5.75 Å². The molecule has 3 nitrogen and oxygen atoms in total. The van der Waals surface area contributed by atoms with Gasteiger partial charge in [0, 0.05) is 5.56 Å². The van der Waals surface area contributed by atoms with Gasteiger partial charge < -0.3 is 14.6 Å². The van der Waals surface area contributed by atoms with E-state index >= 15 is 0 Å². The van der Waals surface area contributed by atoms with Crippen LogP contribution in [0.25, 0.3) is 0 Å². The van der Waals surface area contributed by atoms with Crippen LogP contribution in [-0.2, 0) is 4.74 Å². The standard InChI is InChI=1S/C25H29F3O3/c1-2-3-21(29)19-10-11-22(25(28)24(19)27)30-13-15-4-6-16(7-5-15)18-9-8-17(12-20(18)26)23-14-31-23/h8-12,15-16,21,23,29H,2-7,13-14H2,1H3. The fraction of sp³-hybridized carbons (Fsp3) is 0.520. The second-order valence-corrected chi connectivity index (χ2v) is 8.72. The van der Waals surface area contributed by atoms with Crippen molar-refractivity contribution in [3.63, 3.8) is 0 Å². The van der Waals surface area contributed by atoms with Crippen molar-refractivity contribution < 1.29 is 27.8 Å². The molecule has 4 rings (SSSR count). The van der Waals surface area contributed by atoms with Crippen molar-refractivity contribution in [1.82, 2.24) is 0 Å². The summed E-state index contributed by atoms with van der Waals surface area (Å²) in [7, 11) is 0. The fourth-order valence-electron chi connectivity index (χ4n) is 4.51. The lowest BCUT2D eigenvalue weighted by molar-refractivity contribution is 0.159.